The molecule has 0 aliphatic heterocycles. The van der Waals surface area contributed by atoms with Gasteiger partial charge in [0.05, 0.1) is 0 Å². The van der Waals surface area contributed by atoms with E-state index in [0.29, 0.717) is 0 Å². The van der Waals surface area contributed by atoms with Crippen molar-refractivity contribution in [1.29, 1.82) is 0 Å². The van der Waals surface area contributed by atoms with Gasteiger partial charge in [-0.3, -0.25) is 4.21 Å². The summed E-state index contributed by atoms with van der Waals surface area (Å²) in [5.74, 6) is 0.816. The molecule has 3 atom stereocenters. The van der Waals surface area contributed by atoms with Crippen LogP contribution < -0.4 is 5.73 Å². The van der Waals surface area contributed by atoms with Gasteiger partial charge in [0.15, 0.2) is 0 Å². The molecule has 0 saturated carbocycles. The lowest BCUT2D eigenvalue weighted by molar-refractivity contribution is 0.643. The van der Waals surface area contributed by atoms with Gasteiger partial charge in [0.2, 0.25) is 0 Å². The van der Waals surface area contributed by atoms with E-state index in [9.17, 15) is 4.21 Å². The fourth-order valence-corrected chi connectivity index (χ4v) is 2.26. The Labute approximate surface area is 78.4 Å². The standard InChI is InChI=1S/C9H21NOS/c1-4-5-6-7-12(11)9(3)8(2)10/h8-9H,4-7,10H2,1-3H3. The van der Waals surface area contributed by atoms with E-state index in [2.05, 4.69) is 6.92 Å². The van der Waals surface area contributed by atoms with Crippen LogP contribution in [0, 0.1) is 0 Å². The first-order valence-corrected chi connectivity index (χ1v) is 6.10. The van der Waals surface area contributed by atoms with E-state index in [0.717, 1.165) is 12.2 Å². The molecule has 0 amide bonds. The van der Waals surface area contributed by atoms with Crippen LogP contribution in [0.5, 0.6) is 0 Å². The molecule has 0 rings (SSSR count). The predicted molar refractivity (Wildman–Crippen MR) is 55.6 cm³/mol. The van der Waals surface area contributed by atoms with Crippen molar-refractivity contribution in [1.82, 2.24) is 0 Å². The fourth-order valence-electron chi connectivity index (χ4n) is 0.920. The van der Waals surface area contributed by atoms with Crippen LogP contribution in [0.2, 0.25) is 0 Å². The Balaban J connectivity index is 3.57. The average Bonchev–Trinajstić information content (AvgIpc) is 2.03. The third-order valence-corrected chi connectivity index (χ3v) is 4.05. The third kappa shape index (κ3) is 4.88. The monoisotopic (exact) mass is 191 g/mol. The first kappa shape index (κ1) is 12.1. The minimum Gasteiger partial charge on any atom is -0.327 e. The maximum absolute atomic E-state index is 11.5. The molecule has 0 spiro atoms. The Bertz CT molecular complexity index is 136. The molecule has 0 aromatic rings. The zero-order valence-corrected chi connectivity index (χ0v) is 9.19. The molecule has 0 aromatic carbocycles. The quantitative estimate of drug-likeness (QED) is 0.649. The number of hydrogen-bond donors (Lipinski definition) is 1. The Hall–Kier alpha value is 0.110. The van der Waals surface area contributed by atoms with E-state index in [4.69, 9.17) is 5.73 Å². The van der Waals surface area contributed by atoms with Crippen molar-refractivity contribution in [3.05, 3.63) is 0 Å². The van der Waals surface area contributed by atoms with E-state index >= 15 is 0 Å². The fraction of sp³-hybridized carbons (Fsp3) is 1.00. The molecule has 0 aliphatic carbocycles. The van der Waals surface area contributed by atoms with Gasteiger partial charge in [0, 0.05) is 27.8 Å². The van der Waals surface area contributed by atoms with Crippen molar-refractivity contribution in [2.45, 2.75) is 51.3 Å². The third-order valence-electron chi connectivity index (χ3n) is 2.10. The normalized spacial score (nSPS) is 18.7. The molecular formula is C9H21NOS. The second-order valence-electron chi connectivity index (χ2n) is 3.36. The molecule has 74 valence electrons. The highest BCUT2D eigenvalue weighted by molar-refractivity contribution is 7.85. The summed E-state index contributed by atoms with van der Waals surface area (Å²) in [4.78, 5) is 0. The van der Waals surface area contributed by atoms with Gasteiger partial charge in [-0.1, -0.05) is 19.8 Å². The van der Waals surface area contributed by atoms with Crippen molar-refractivity contribution in [3.63, 3.8) is 0 Å². The van der Waals surface area contributed by atoms with Crippen LogP contribution in [0.4, 0.5) is 0 Å². The zero-order chi connectivity index (χ0) is 9.56. The first-order valence-electron chi connectivity index (χ1n) is 4.72. The van der Waals surface area contributed by atoms with Crippen LogP contribution in [0.1, 0.15) is 40.0 Å². The van der Waals surface area contributed by atoms with Crippen LogP contribution >= 0.6 is 0 Å². The summed E-state index contributed by atoms with van der Waals surface area (Å²) in [6.07, 6.45) is 3.43. The first-order chi connectivity index (χ1) is 5.59. The maximum atomic E-state index is 11.5. The van der Waals surface area contributed by atoms with E-state index in [1.165, 1.54) is 12.8 Å². The van der Waals surface area contributed by atoms with Crippen molar-refractivity contribution < 1.29 is 4.21 Å². The highest BCUT2D eigenvalue weighted by Gasteiger charge is 2.14. The molecule has 0 aromatic heterocycles. The Morgan fingerprint density at radius 1 is 1.33 bits per heavy atom. The van der Waals surface area contributed by atoms with Crippen LogP contribution in [0.15, 0.2) is 0 Å². The van der Waals surface area contributed by atoms with E-state index in [1.54, 1.807) is 0 Å². The zero-order valence-electron chi connectivity index (χ0n) is 8.38. The van der Waals surface area contributed by atoms with Gasteiger partial charge in [0.25, 0.3) is 0 Å². The highest BCUT2D eigenvalue weighted by Crippen LogP contribution is 2.04. The Morgan fingerprint density at radius 2 is 1.92 bits per heavy atom. The molecular weight excluding hydrogens is 170 g/mol. The van der Waals surface area contributed by atoms with Gasteiger partial charge in [-0.2, -0.15) is 0 Å². The number of unbranched alkanes of at least 4 members (excludes halogenated alkanes) is 2. The number of hydrogen-bond acceptors (Lipinski definition) is 2. The average molecular weight is 191 g/mol. The lowest BCUT2D eigenvalue weighted by atomic mass is 10.3. The molecule has 0 aliphatic rings. The lowest BCUT2D eigenvalue weighted by Gasteiger charge is -2.14. The van der Waals surface area contributed by atoms with Crippen molar-refractivity contribution >= 4 is 10.8 Å². The van der Waals surface area contributed by atoms with Crippen LogP contribution in [-0.2, 0) is 10.8 Å². The molecule has 2 N–H and O–H groups in total. The lowest BCUT2D eigenvalue weighted by Crippen LogP contribution is -2.33. The van der Waals surface area contributed by atoms with Gasteiger partial charge >= 0.3 is 0 Å². The smallest absolute Gasteiger partial charge is 0.0468 e. The molecule has 0 fully saturated rings. The molecule has 0 saturated heterocycles. The minimum atomic E-state index is -0.721. The highest BCUT2D eigenvalue weighted by atomic mass is 32.2. The molecule has 3 unspecified atom stereocenters. The number of nitrogens with two attached hydrogens (primary N) is 1. The predicted octanol–water partition coefficient (Wildman–Crippen LogP) is 1.66. The summed E-state index contributed by atoms with van der Waals surface area (Å²) in [6, 6.07) is 0.0486. The number of rotatable bonds is 6. The SMILES string of the molecule is CCCCCS(=O)C(C)C(C)N. The topological polar surface area (TPSA) is 43.1 Å². The second-order valence-corrected chi connectivity index (χ2v) is 5.27. The largest absolute Gasteiger partial charge is 0.327 e. The van der Waals surface area contributed by atoms with Crippen LogP contribution in [-0.4, -0.2) is 21.3 Å². The Morgan fingerprint density at radius 3 is 2.33 bits per heavy atom. The molecule has 0 radical (unpaired) electrons. The van der Waals surface area contributed by atoms with E-state index in [1.807, 2.05) is 13.8 Å². The molecule has 0 heterocycles. The summed E-state index contributed by atoms with van der Waals surface area (Å²) in [5, 5.41) is 0.141. The summed E-state index contributed by atoms with van der Waals surface area (Å²) < 4.78 is 11.5. The second kappa shape index (κ2) is 6.61. The van der Waals surface area contributed by atoms with Gasteiger partial charge in [-0.15, -0.1) is 0 Å². The summed E-state index contributed by atoms with van der Waals surface area (Å²) >= 11 is 0. The van der Waals surface area contributed by atoms with Crippen molar-refractivity contribution in [2.24, 2.45) is 5.73 Å². The Kier molecular flexibility index (Phi) is 6.67. The van der Waals surface area contributed by atoms with Gasteiger partial charge in [-0.05, 0) is 20.3 Å². The van der Waals surface area contributed by atoms with Gasteiger partial charge < -0.3 is 5.73 Å². The maximum Gasteiger partial charge on any atom is 0.0468 e. The molecule has 2 nitrogen and oxygen atoms in total. The molecule has 0 bridgehead atoms. The van der Waals surface area contributed by atoms with Gasteiger partial charge in [-0.25, -0.2) is 0 Å². The summed E-state index contributed by atoms with van der Waals surface area (Å²) in [7, 11) is -0.721. The van der Waals surface area contributed by atoms with Crippen LogP contribution in [0.25, 0.3) is 0 Å². The van der Waals surface area contributed by atoms with Crippen LogP contribution in [0.3, 0.4) is 0 Å². The summed E-state index contributed by atoms with van der Waals surface area (Å²) in [5.41, 5.74) is 5.65. The van der Waals surface area contributed by atoms with Crippen molar-refractivity contribution in [3.8, 4) is 0 Å². The van der Waals surface area contributed by atoms with E-state index in [-0.39, 0.29) is 11.3 Å². The van der Waals surface area contributed by atoms with Crippen molar-refractivity contribution in [2.75, 3.05) is 5.75 Å². The minimum absolute atomic E-state index is 0.0486. The van der Waals surface area contributed by atoms with E-state index < -0.39 is 10.8 Å². The molecule has 12 heavy (non-hydrogen) atoms. The summed E-state index contributed by atoms with van der Waals surface area (Å²) in [6.45, 7) is 6.03. The van der Waals surface area contributed by atoms with Gasteiger partial charge in [0.1, 0.15) is 0 Å². The molecule has 3 heteroatoms.